The van der Waals surface area contributed by atoms with Crippen LogP contribution >= 0.6 is 23.2 Å². The molecular weight excluding hydrogens is 289 g/mol. The van der Waals surface area contributed by atoms with E-state index in [2.05, 4.69) is 0 Å². The molecule has 0 amide bonds. The lowest BCUT2D eigenvalue weighted by molar-refractivity contribution is -0.145. The highest BCUT2D eigenvalue weighted by Gasteiger charge is 2.28. The summed E-state index contributed by atoms with van der Waals surface area (Å²) in [6, 6.07) is 4.83. The largest absolute Gasteiger partial charge is 0.480 e. The quantitative estimate of drug-likeness (QED) is 0.933. The molecule has 0 aliphatic carbocycles. The molecule has 0 aromatic heterocycles. The maximum atomic E-state index is 11.0. The van der Waals surface area contributed by atoms with Crippen molar-refractivity contribution in [3.8, 4) is 0 Å². The van der Waals surface area contributed by atoms with Gasteiger partial charge in [-0.3, -0.25) is 9.69 Å². The van der Waals surface area contributed by atoms with Crippen molar-refractivity contribution < 1.29 is 14.6 Å². The fourth-order valence-electron chi connectivity index (χ4n) is 2.09. The van der Waals surface area contributed by atoms with Gasteiger partial charge in [0.25, 0.3) is 0 Å². The molecule has 2 atom stereocenters. The zero-order valence-electron chi connectivity index (χ0n) is 10.5. The van der Waals surface area contributed by atoms with Crippen LogP contribution in [0.5, 0.6) is 0 Å². The number of carbonyl (C=O) groups is 1. The number of carboxylic acid groups (broad SMARTS) is 1. The Kier molecular flexibility index (Phi) is 4.68. The third kappa shape index (κ3) is 3.39. The zero-order valence-corrected chi connectivity index (χ0v) is 12.0. The summed E-state index contributed by atoms with van der Waals surface area (Å²) >= 11 is 11.9. The van der Waals surface area contributed by atoms with Gasteiger partial charge in [-0.05, 0) is 24.6 Å². The Balaban J connectivity index is 2.12. The number of hydrogen-bond acceptors (Lipinski definition) is 3. The summed E-state index contributed by atoms with van der Waals surface area (Å²) in [5.74, 6) is -0.824. The Labute approximate surface area is 121 Å². The molecule has 19 heavy (non-hydrogen) atoms. The lowest BCUT2D eigenvalue weighted by atomic mass is 10.1. The molecule has 6 heteroatoms. The predicted octanol–water partition coefficient (Wildman–Crippen LogP) is 2.84. The molecule has 0 unspecified atom stereocenters. The topological polar surface area (TPSA) is 49.8 Å². The Morgan fingerprint density at radius 2 is 2.21 bits per heavy atom. The molecule has 1 N–H and O–H groups in total. The van der Waals surface area contributed by atoms with Crippen LogP contribution in [0.4, 0.5) is 0 Å². The Bertz CT molecular complexity index is 481. The van der Waals surface area contributed by atoms with Gasteiger partial charge in [-0.1, -0.05) is 29.3 Å². The first kappa shape index (κ1) is 14.6. The second-order valence-electron chi connectivity index (χ2n) is 4.54. The van der Waals surface area contributed by atoms with Crippen LogP contribution in [0, 0.1) is 0 Å². The summed E-state index contributed by atoms with van der Waals surface area (Å²) in [5, 5.41) is 10.0. The number of hydrogen-bond donors (Lipinski definition) is 1. The number of aliphatic carboxylic acids is 1. The predicted molar refractivity (Wildman–Crippen MR) is 73.8 cm³/mol. The van der Waals surface area contributed by atoms with Crippen molar-refractivity contribution in [3.63, 3.8) is 0 Å². The van der Waals surface area contributed by atoms with Gasteiger partial charge in [-0.2, -0.15) is 0 Å². The van der Waals surface area contributed by atoms with Crippen molar-refractivity contribution >= 4 is 29.2 Å². The lowest BCUT2D eigenvalue weighted by Gasteiger charge is -2.35. The third-order valence-electron chi connectivity index (χ3n) is 3.32. The molecule has 1 aromatic carbocycles. The monoisotopic (exact) mass is 303 g/mol. The number of benzene rings is 1. The van der Waals surface area contributed by atoms with Crippen molar-refractivity contribution in [1.82, 2.24) is 4.90 Å². The normalized spacial score (nSPS) is 22.2. The molecule has 0 saturated carbocycles. The van der Waals surface area contributed by atoms with E-state index in [9.17, 15) is 4.79 Å². The fraction of sp³-hybridized carbons (Fsp3) is 0.462. The van der Waals surface area contributed by atoms with Crippen molar-refractivity contribution in [2.75, 3.05) is 19.7 Å². The molecule has 2 rings (SSSR count). The van der Waals surface area contributed by atoms with E-state index in [1.807, 2.05) is 11.0 Å². The van der Waals surface area contributed by atoms with Crippen molar-refractivity contribution in [2.24, 2.45) is 0 Å². The van der Waals surface area contributed by atoms with Gasteiger partial charge in [0.2, 0.25) is 0 Å². The van der Waals surface area contributed by atoms with Gasteiger partial charge in [0.15, 0.2) is 0 Å². The standard InChI is InChI=1S/C13H15Cl2NO3/c1-8(13(17)18)16-4-5-19-12(7-16)9-2-3-10(14)11(15)6-9/h2-3,6,8,12H,4-5,7H2,1H3,(H,17,18)/t8-,12-/m0/s1. The van der Waals surface area contributed by atoms with Gasteiger partial charge < -0.3 is 9.84 Å². The molecule has 0 radical (unpaired) electrons. The van der Waals surface area contributed by atoms with Gasteiger partial charge in [-0.15, -0.1) is 0 Å². The first-order valence-corrected chi connectivity index (χ1v) is 6.78. The zero-order chi connectivity index (χ0) is 14.0. The second-order valence-corrected chi connectivity index (χ2v) is 5.36. The minimum atomic E-state index is -0.824. The summed E-state index contributed by atoms with van der Waals surface area (Å²) in [7, 11) is 0. The van der Waals surface area contributed by atoms with Gasteiger partial charge in [0.1, 0.15) is 6.04 Å². The van der Waals surface area contributed by atoms with Crippen LogP contribution in [0.25, 0.3) is 0 Å². The number of rotatable bonds is 3. The maximum absolute atomic E-state index is 11.0. The fourth-order valence-corrected chi connectivity index (χ4v) is 2.40. The van der Waals surface area contributed by atoms with E-state index >= 15 is 0 Å². The molecule has 1 heterocycles. The number of morpholine rings is 1. The van der Waals surface area contributed by atoms with E-state index in [0.717, 1.165) is 5.56 Å². The Hall–Kier alpha value is -0.810. The highest BCUT2D eigenvalue weighted by Crippen LogP contribution is 2.29. The van der Waals surface area contributed by atoms with Crippen LogP contribution in [0.15, 0.2) is 18.2 Å². The maximum Gasteiger partial charge on any atom is 0.320 e. The molecule has 4 nitrogen and oxygen atoms in total. The first-order valence-electron chi connectivity index (χ1n) is 6.02. The molecule has 1 aromatic rings. The Morgan fingerprint density at radius 3 is 2.84 bits per heavy atom. The SMILES string of the molecule is C[C@@H](C(=O)O)N1CCO[C@H](c2ccc(Cl)c(Cl)c2)C1. The molecule has 104 valence electrons. The van der Waals surface area contributed by atoms with Crippen molar-refractivity contribution in [1.29, 1.82) is 0 Å². The molecule has 0 bridgehead atoms. The van der Waals surface area contributed by atoms with E-state index in [1.54, 1.807) is 19.1 Å². The van der Waals surface area contributed by atoms with Gasteiger partial charge in [0.05, 0.1) is 22.8 Å². The van der Waals surface area contributed by atoms with Crippen LogP contribution in [0.1, 0.15) is 18.6 Å². The van der Waals surface area contributed by atoms with Gasteiger partial charge >= 0.3 is 5.97 Å². The highest BCUT2D eigenvalue weighted by atomic mass is 35.5. The molecule has 0 spiro atoms. The molecule has 1 aliphatic rings. The smallest absolute Gasteiger partial charge is 0.320 e. The number of ether oxygens (including phenoxy) is 1. The van der Waals surface area contributed by atoms with E-state index in [4.69, 9.17) is 33.0 Å². The van der Waals surface area contributed by atoms with Crippen molar-refractivity contribution in [3.05, 3.63) is 33.8 Å². The molecule has 1 fully saturated rings. The summed E-state index contributed by atoms with van der Waals surface area (Å²) < 4.78 is 5.68. The second kappa shape index (κ2) is 6.09. The highest BCUT2D eigenvalue weighted by molar-refractivity contribution is 6.42. The number of halogens is 2. The van der Waals surface area contributed by atoms with Crippen LogP contribution < -0.4 is 0 Å². The summed E-state index contributed by atoms with van der Waals surface area (Å²) in [5.41, 5.74) is 0.914. The minimum Gasteiger partial charge on any atom is -0.480 e. The number of nitrogens with zero attached hydrogens (tertiary/aromatic N) is 1. The van der Waals surface area contributed by atoms with Gasteiger partial charge in [0, 0.05) is 13.1 Å². The Morgan fingerprint density at radius 1 is 1.47 bits per heavy atom. The average molecular weight is 304 g/mol. The summed E-state index contributed by atoms with van der Waals surface area (Å²) in [6.07, 6.45) is -0.176. The summed E-state index contributed by atoms with van der Waals surface area (Å²) in [6.45, 7) is 3.33. The molecule has 1 saturated heterocycles. The van der Waals surface area contributed by atoms with Crippen LogP contribution in [-0.2, 0) is 9.53 Å². The first-order chi connectivity index (χ1) is 8.99. The van der Waals surface area contributed by atoms with Gasteiger partial charge in [-0.25, -0.2) is 0 Å². The van der Waals surface area contributed by atoms with Crippen LogP contribution in [0.2, 0.25) is 10.0 Å². The number of carboxylic acids is 1. The van der Waals surface area contributed by atoms with E-state index in [-0.39, 0.29) is 6.10 Å². The van der Waals surface area contributed by atoms with Crippen molar-refractivity contribution in [2.45, 2.75) is 19.1 Å². The average Bonchev–Trinajstić information content (AvgIpc) is 2.41. The lowest BCUT2D eigenvalue weighted by Crippen LogP contribution is -2.46. The van der Waals surface area contributed by atoms with E-state index < -0.39 is 12.0 Å². The third-order valence-corrected chi connectivity index (χ3v) is 4.06. The van der Waals surface area contributed by atoms with E-state index in [0.29, 0.717) is 29.7 Å². The van der Waals surface area contributed by atoms with E-state index in [1.165, 1.54) is 0 Å². The molecular formula is C13H15Cl2NO3. The summed E-state index contributed by atoms with van der Waals surface area (Å²) in [4.78, 5) is 12.9. The molecule has 1 aliphatic heterocycles. The minimum absolute atomic E-state index is 0.176. The van der Waals surface area contributed by atoms with Crippen LogP contribution in [-0.4, -0.2) is 41.7 Å². The van der Waals surface area contributed by atoms with Crippen LogP contribution in [0.3, 0.4) is 0 Å².